The molecule has 0 bridgehead atoms. The highest BCUT2D eigenvalue weighted by atomic mass is 16.2. The van der Waals surface area contributed by atoms with Crippen molar-refractivity contribution in [3.63, 3.8) is 0 Å². The molecule has 5 N–H and O–H groups in total. The van der Waals surface area contributed by atoms with Gasteiger partial charge in [-0.3, -0.25) is 15.4 Å². The highest BCUT2D eigenvalue weighted by Crippen LogP contribution is 2.16. The number of nitrogens with two attached hydrogens (primary N) is 1. The minimum atomic E-state index is -0.609. The van der Waals surface area contributed by atoms with E-state index in [4.69, 9.17) is 5.84 Å². The number of carbonyl (C=O) groups is 2. The number of amides is 2. The highest BCUT2D eigenvalue weighted by molar-refractivity contribution is 6.01. The molecule has 2 amide bonds. The SMILES string of the molecule is Cc1ccc(NN)c(C(=O)NC(C)C(=O)NCC(C)C)c1. The maximum absolute atomic E-state index is 12.2. The lowest BCUT2D eigenvalue weighted by atomic mass is 10.1. The zero-order valence-corrected chi connectivity index (χ0v) is 13.0. The predicted octanol–water partition coefficient (Wildman–Crippen LogP) is 1.17. The van der Waals surface area contributed by atoms with Crippen LogP contribution >= 0.6 is 0 Å². The molecule has 1 atom stereocenters. The van der Waals surface area contributed by atoms with Crippen LogP contribution in [-0.2, 0) is 4.79 Å². The van der Waals surface area contributed by atoms with Gasteiger partial charge in [-0.2, -0.15) is 0 Å². The monoisotopic (exact) mass is 292 g/mol. The van der Waals surface area contributed by atoms with E-state index in [1.54, 1.807) is 19.1 Å². The lowest BCUT2D eigenvalue weighted by molar-refractivity contribution is -0.122. The first-order valence-electron chi connectivity index (χ1n) is 7.01. The molecule has 0 aliphatic carbocycles. The van der Waals surface area contributed by atoms with Crippen molar-refractivity contribution >= 4 is 17.5 Å². The molecule has 0 aromatic heterocycles. The molecule has 6 heteroatoms. The standard InChI is InChI=1S/C15H24N4O2/c1-9(2)8-17-14(20)11(4)18-15(21)12-7-10(3)5-6-13(12)19-16/h5-7,9,11,19H,8,16H2,1-4H3,(H,17,20)(H,18,21). The van der Waals surface area contributed by atoms with Crippen molar-refractivity contribution in [2.45, 2.75) is 33.7 Å². The van der Waals surface area contributed by atoms with E-state index in [0.717, 1.165) is 5.56 Å². The number of anilines is 1. The largest absolute Gasteiger partial charge is 0.354 e. The summed E-state index contributed by atoms with van der Waals surface area (Å²) in [7, 11) is 0. The van der Waals surface area contributed by atoms with Gasteiger partial charge in [-0.05, 0) is 31.9 Å². The molecular weight excluding hydrogens is 268 g/mol. The summed E-state index contributed by atoms with van der Waals surface area (Å²) in [6.07, 6.45) is 0. The number of hydrogen-bond acceptors (Lipinski definition) is 4. The topological polar surface area (TPSA) is 96.2 Å². The lowest BCUT2D eigenvalue weighted by Gasteiger charge is -2.16. The van der Waals surface area contributed by atoms with E-state index < -0.39 is 6.04 Å². The molecule has 0 saturated carbocycles. The molecule has 1 aromatic rings. The summed E-state index contributed by atoms with van der Waals surface area (Å²) in [4.78, 5) is 24.1. The Morgan fingerprint density at radius 1 is 1.24 bits per heavy atom. The van der Waals surface area contributed by atoms with Gasteiger partial charge in [0.05, 0.1) is 11.3 Å². The van der Waals surface area contributed by atoms with E-state index in [0.29, 0.717) is 23.7 Å². The van der Waals surface area contributed by atoms with Crippen LogP contribution in [-0.4, -0.2) is 24.4 Å². The Kier molecular flexibility index (Phi) is 6.17. The Bertz CT molecular complexity index is 514. The first-order valence-corrected chi connectivity index (χ1v) is 7.01. The summed E-state index contributed by atoms with van der Waals surface area (Å²) in [5.41, 5.74) is 4.36. The Hall–Kier alpha value is -2.08. The molecular formula is C15H24N4O2. The van der Waals surface area contributed by atoms with Crippen LogP contribution in [0.25, 0.3) is 0 Å². The molecule has 0 aliphatic heterocycles. The number of nitrogens with one attached hydrogen (secondary N) is 3. The van der Waals surface area contributed by atoms with Crippen molar-refractivity contribution in [3.8, 4) is 0 Å². The number of rotatable bonds is 6. The van der Waals surface area contributed by atoms with Gasteiger partial charge in [0.2, 0.25) is 5.91 Å². The molecule has 21 heavy (non-hydrogen) atoms. The summed E-state index contributed by atoms with van der Waals surface area (Å²) in [6.45, 7) is 8.14. The Labute approximate surface area is 125 Å². The maximum Gasteiger partial charge on any atom is 0.254 e. The Morgan fingerprint density at radius 3 is 2.48 bits per heavy atom. The third-order valence-electron chi connectivity index (χ3n) is 3.00. The number of benzene rings is 1. The van der Waals surface area contributed by atoms with Gasteiger partial charge in [0, 0.05) is 6.54 Å². The third-order valence-corrected chi connectivity index (χ3v) is 3.00. The fourth-order valence-corrected chi connectivity index (χ4v) is 1.77. The predicted molar refractivity (Wildman–Crippen MR) is 83.8 cm³/mol. The number of hydrazine groups is 1. The van der Waals surface area contributed by atoms with Gasteiger partial charge in [-0.15, -0.1) is 0 Å². The fraction of sp³-hybridized carbons (Fsp3) is 0.467. The van der Waals surface area contributed by atoms with E-state index >= 15 is 0 Å². The molecule has 6 nitrogen and oxygen atoms in total. The normalized spacial score (nSPS) is 11.9. The van der Waals surface area contributed by atoms with Crippen LogP contribution in [0.2, 0.25) is 0 Å². The van der Waals surface area contributed by atoms with Gasteiger partial charge in [0.1, 0.15) is 6.04 Å². The van der Waals surface area contributed by atoms with E-state index in [2.05, 4.69) is 16.1 Å². The Morgan fingerprint density at radius 2 is 1.90 bits per heavy atom. The van der Waals surface area contributed by atoms with Gasteiger partial charge in [-0.1, -0.05) is 25.5 Å². The van der Waals surface area contributed by atoms with Crippen molar-refractivity contribution in [1.29, 1.82) is 0 Å². The third kappa shape index (κ3) is 5.07. The van der Waals surface area contributed by atoms with Crippen LogP contribution in [0.15, 0.2) is 18.2 Å². The minimum absolute atomic E-state index is 0.202. The maximum atomic E-state index is 12.2. The van der Waals surface area contributed by atoms with Crippen molar-refractivity contribution in [2.75, 3.05) is 12.0 Å². The quantitative estimate of drug-likeness (QED) is 0.467. The first kappa shape index (κ1) is 17.0. The van der Waals surface area contributed by atoms with Crippen molar-refractivity contribution in [3.05, 3.63) is 29.3 Å². The molecule has 1 aromatic carbocycles. The number of carbonyl (C=O) groups excluding carboxylic acids is 2. The summed E-state index contributed by atoms with van der Waals surface area (Å²) in [5, 5.41) is 5.46. The molecule has 0 saturated heterocycles. The van der Waals surface area contributed by atoms with Crippen LogP contribution in [0.3, 0.4) is 0 Å². The second-order valence-corrected chi connectivity index (χ2v) is 5.53. The van der Waals surface area contributed by atoms with Gasteiger partial charge in [-0.25, -0.2) is 0 Å². The summed E-state index contributed by atoms with van der Waals surface area (Å²) in [5.74, 6) is 5.23. The minimum Gasteiger partial charge on any atom is -0.354 e. The van der Waals surface area contributed by atoms with E-state index in [9.17, 15) is 9.59 Å². The van der Waals surface area contributed by atoms with Crippen LogP contribution in [0.1, 0.15) is 36.7 Å². The van der Waals surface area contributed by atoms with E-state index in [1.807, 2.05) is 26.8 Å². The molecule has 0 aliphatic rings. The summed E-state index contributed by atoms with van der Waals surface area (Å²) in [6, 6.07) is 4.70. The smallest absolute Gasteiger partial charge is 0.254 e. The first-order chi connectivity index (χ1) is 9.85. The van der Waals surface area contributed by atoms with Crippen LogP contribution in [0.4, 0.5) is 5.69 Å². The van der Waals surface area contributed by atoms with Crippen molar-refractivity contribution < 1.29 is 9.59 Å². The van der Waals surface area contributed by atoms with Crippen LogP contribution in [0, 0.1) is 12.8 Å². The van der Waals surface area contributed by atoms with Gasteiger partial charge >= 0.3 is 0 Å². The molecule has 0 spiro atoms. The van der Waals surface area contributed by atoms with Gasteiger partial charge in [0.15, 0.2) is 0 Å². The van der Waals surface area contributed by atoms with Gasteiger partial charge in [0.25, 0.3) is 5.91 Å². The van der Waals surface area contributed by atoms with E-state index in [1.165, 1.54) is 0 Å². The second-order valence-electron chi connectivity index (χ2n) is 5.53. The molecule has 0 radical (unpaired) electrons. The zero-order valence-electron chi connectivity index (χ0n) is 13.0. The summed E-state index contributed by atoms with van der Waals surface area (Å²) < 4.78 is 0. The van der Waals surface area contributed by atoms with Crippen LogP contribution in [0.5, 0.6) is 0 Å². The summed E-state index contributed by atoms with van der Waals surface area (Å²) >= 11 is 0. The average molecular weight is 292 g/mol. The van der Waals surface area contributed by atoms with Crippen molar-refractivity contribution in [1.82, 2.24) is 10.6 Å². The Balaban J connectivity index is 2.72. The van der Waals surface area contributed by atoms with Crippen molar-refractivity contribution in [2.24, 2.45) is 11.8 Å². The number of nitrogen functional groups attached to an aromatic ring is 1. The number of aryl methyl sites for hydroxylation is 1. The fourth-order valence-electron chi connectivity index (χ4n) is 1.77. The lowest BCUT2D eigenvalue weighted by Crippen LogP contribution is -2.45. The van der Waals surface area contributed by atoms with Crippen LogP contribution < -0.4 is 21.9 Å². The molecule has 0 fully saturated rings. The number of hydrogen-bond donors (Lipinski definition) is 4. The molecule has 1 rings (SSSR count). The zero-order chi connectivity index (χ0) is 16.0. The van der Waals surface area contributed by atoms with Gasteiger partial charge < -0.3 is 16.1 Å². The second kappa shape index (κ2) is 7.64. The average Bonchev–Trinajstić information content (AvgIpc) is 2.44. The molecule has 116 valence electrons. The molecule has 0 heterocycles. The highest BCUT2D eigenvalue weighted by Gasteiger charge is 2.18. The molecule has 1 unspecified atom stereocenters. The van der Waals surface area contributed by atoms with E-state index in [-0.39, 0.29) is 11.8 Å².